The number of amides is 1. The third kappa shape index (κ3) is 2.87. The second-order valence-electron chi connectivity index (χ2n) is 3.88. The van der Waals surface area contributed by atoms with E-state index in [2.05, 4.69) is 26.2 Å². The summed E-state index contributed by atoms with van der Waals surface area (Å²) in [5.41, 5.74) is 8.36. The van der Waals surface area contributed by atoms with Gasteiger partial charge in [-0.2, -0.15) is 0 Å². The number of pyridine rings is 1. The van der Waals surface area contributed by atoms with E-state index < -0.39 is 0 Å². The molecule has 2 aromatic rings. The van der Waals surface area contributed by atoms with E-state index in [-0.39, 0.29) is 5.91 Å². The van der Waals surface area contributed by atoms with Gasteiger partial charge in [0.25, 0.3) is 5.91 Å². The molecule has 1 aromatic carbocycles. The Morgan fingerprint density at radius 1 is 1.33 bits per heavy atom. The summed E-state index contributed by atoms with van der Waals surface area (Å²) in [4.78, 5) is 16.1. The Bertz CT molecular complexity index is 599. The average molecular weight is 306 g/mol. The summed E-state index contributed by atoms with van der Waals surface area (Å²) in [6.45, 7) is 1.87. The number of halogens is 1. The van der Waals surface area contributed by atoms with E-state index in [0.29, 0.717) is 16.9 Å². The zero-order valence-corrected chi connectivity index (χ0v) is 11.4. The van der Waals surface area contributed by atoms with Crippen LogP contribution in [0.15, 0.2) is 41.0 Å². The third-order valence-electron chi connectivity index (χ3n) is 2.41. The van der Waals surface area contributed by atoms with Crippen LogP contribution in [0.1, 0.15) is 16.1 Å². The van der Waals surface area contributed by atoms with Crippen LogP contribution in [0.3, 0.4) is 0 Å². The van der Waals surface area contributed by atoms with E-state index in [4.69, 9.17) is 5.73 Å². The SMILES string of the molecule is Cc1cc(NC(=O)c2ccc(Br)c(N)c2)ccn1. The number of carbonyl (C=O) groups excluding carboxylic acids is 1. The van der Waals surface area contributed by atoms with Crippen molar-refractivity contribution in [2.75, 3.05) is 11.1 Å². The lowest BCUT2D eigenvalue weighted by molar-refractivity contribution is 0.102. The molecule has 18 heavy (non-hydrogen) atoms. The first-order valence-electron chi connectivity index (χ1n) is 5.35. The number of carbonyl (C=O) groups is 1. The highest BCUT2D eigenvalue weighted by molar-refractivity contribution is 9.10. The maximum Gasteiger partial charge on any atom is 0.255 e. The highest BCUT2D eigenvalue weighted by atomic mass is 79.9. The molecule has 1 amide bonds. The molecule has 0 unspecified atom stereocenters. The van der Waals surface area contributed by atoms with E-state index in [9.17, 15) is 4.79 Å². The minimum absolute atomic E-state index is 0.195. The van der Waals surface area contributed by atoms with Crippen molar-refractivity contribution >= 4 is 33.2 Å². The maximum atomic E-state index is 12.0. The number of nitrogen functional groups attached to an aromatic ring is 1. The molecule has 5 heteroatoms. The van der Waals surface area contributed by atoms with Crippen LogP contribution in [0.25, 0.3) is 0 Å². The third-order valence-corrected chi connectivity index (χ3v) is 3.13. The van der Waals surface area contributed by atoms with Crippen LogP contribution in [0.4, 0.5) is 11.4 Å². The van der Waals surface area contributed by atoms with E-state index >= 15 is 0 Å². The van der Waals surface area contributed by atoms with Crippen molar-refractivity contribution in [3.8, 4) is 0 Å². The summed E-state index contributed by atoms with van der Waals surface area (Å²) in [6.07, 6.45) is 1.65. The summed E-state index contributed by atoms with van der Waals surface area (Å²) >= 11 is 3.29. The smallest absolute Gasteiger partial charge is 0.255 e. The Hall–Kier alpha value is -1.88. The number of nitrogens with zero attached hydrogens (tertiary/aromatic N) is 1. The fraction of sp³-hybridized carbons (Fsp3) is 0.0769. The molecule has 0 saturated heterocycles. The Kier molecular flexibility index (Phi) is 3.62. The van der Waals surface area contributed by atoms with Crippen LogP contribution in [0.5, 0.6) is 0 Å². The van der Waals surface area contributed by atoms with Gasteiger partial charge in [-0.15, -0.1) is 0 Å². The standard InChI is InChI=1S/C13H12BrN3O/c1-8-6-10(4-5-16-8)17-13(18)9-2-3-11(14)12(15)7-9/h2-7H,15H2,1H3,(H,16,17,18). The van der Waals surface area contributed by atoms with Gasteiger partial charge in [0.15, 0.2) is 0 Å². The molecule has 0 atom stereocenters. The van der Waals surface area contributed by atoms with E-state index in [1.165, 1.54) is 0 Å². The lowest BCUT2D eigenvalue weighted by atomic mass is 10.2. The predicted octanol–water partition coefficient (Wildman–Crippen LogP) is 2.99. The molecule has 3 N–H and O–H groups in total. The Morgan fingerprint density at radius 3 is 2.78 bits per heavy atom. The number of hydrogen-bond donors (Lipinski definition) is 2. The molecule has 0 aliphatic rings. The normalized spacial score (nSPS) is 10.1. The van der Waals surface area contributed by atoms with Crippen LogP contribution in [0, 0.1) is 6.92 Å². The van der Waals surface area contributed by atoms with Gasteiger partial charge in [-0.05, 0) is 53.2 Å². The fourth-order valence-electron chi connectivity index (χ4n) is 1.51. The van der Waals surface area contributed by atoms with Gasteiger partial charge in [0, 0.05) is 33.3 Å². The van der Waals surface area contributed by atoms with Crippen LogP contribution in [-0.2, 0) is 0 Å². The number of nitrogens with two attached hydrogens (primary N) is 1. The molecule has 2 rings (SSSR count). The predicted molar refractivity (Wildman–Crippen MR) is 75.5 cm³/mol. The van der Waals surface area contributed by atoms with Gasteiger partial charge in [0.1, 0.15) is 0 Å². The zero-order chi connectivity index (χ0) is 13.1. The number of rotatable bonds is 2. The molecular weight excluding hydrogens is 294 g/mol. The van der Waals surface area contributed by atoms with E-state index in [1.807, 2.05) is 6.92 Å². The number of nitrogens with one attached hydrogen (secondary N) is 1. The molecule has 0 aliphatic heterocycles. The highest BCUT2D eigenvalue weighted by Crippen LogP contribution is 2.20. The lowest BCUT2D eigenvalue weighted by Crippen LogP contribution is -2.12. The molecular formula is C13H12BrN3O. The van der Waals surface area contributed by atoms with Crippen LogP contribution < -0.4 is 11.1 Å². The van der Waals surface area contributed by atoms with Crippen LogP contribution in [0.2, 0.25) is 0 Å². The first-order chi connectivity index (χ1) is 8.56. The summed E-state index contributed by atoms with van der Waals surface area (Å²) < 4.78 is 0.777. The second-order valence-corrected chi connectivity index (χ2v) is 4.73. The zero-order valence-electron chi connectivity index (χ0n) is 9.77. The highest BCUT2D eigenvalue weighted by Gasteiger charge is 2.07. The largest absolute Gasteiger partial charge is 0.398 e. The van der Waals surface area contributed by atoms with Crippen molar-refractivity contribution in [2.24, 2.45) is 0 Å². The number of aryl methyl sites for hydroxylation is 1. The summed E-state index contributed by atoms with van der Waals surface area (Å²) in [6, 6.07) is 8.65. The van der Waals surface area contributed by atoms with Crippen molar-refractivity contribution in [2.45, 2.75) is 6.92 Å². The molecule has 92 valence electrons. The molecule has 0 spiro atoms. The second kappa shape index (κ2) is 5.18. The van der Waals surface area contributed by atoms with Gasteiger partial charge in [-0.1, -0.05) is 0 Å². The molecule has 4 nitrogen and oxygen atoms in total. The molecule has 0 bridgehead atoms. The summed E-state index contributed by atoms with van der Waals surface area (Å²) in [5.74, 6) is -0.195. The summed E-state index contributed by atoms with van der Waals surface area (Å²) in [5, 5.41) is 2.80. The monoisotopic (exact) mass is 305 g/mol. The summed E-state index contributed by atoms with van der Waals surface area (Å²) in [7, 11) is 0. The Morgan fingerprint density at radius 2 is 2.11 bits per heavy atom. The molecule has 1 heterocycles. The van der Waals surface area contributed by atoms with Crippen LogP contribution >= 0.6 is 15.9 Å². The van der Waals surface area contributed by atoms with E-state index in [0.717, 1.165) is 10.2 Å². The molecule has 0 radical (unpaired) electrons. The van der Waals surface area contributed by atoms with Crippen molar-refractivity contribution < 1.29 is 4.79 Å². The molecule has 0 aliphatic carbocycles. The van der Waals surface area contributed by atoms with Gasteiger partial charge in [-0.25, -0.2) is 0 Å². The van der Waals surface area contributed by atoms with Gasteiger partial charge in [0.05, 0.1) is 0 Å². The minimum atomic E-state index is -0.195. The number of aromatic nitrogens is 1. The average Bonchev–Trinajstić information content (AvgIpc) is 2.32. The van der Waals surface area contributed by atoms with Gasteiger partial charge >= 0.3 is 0 Å². The number of anilines is 2. The van der Waals surface area contributed by atoms with Gasteiger partial charge in [0.2, 0.25) is 0 Å². The molecule has 1 aromatic heterocycles. The van der Waals surface area contributed by atoms with Crippen LogP contribution in [-0.4, -0.2) is 10.9 Å². The first kappa shape index (κ1) is 12.6. The quantitative estimate of drug-likeness (QED) is 0.838. The topological polar surface area (TPSA) is 68.0 Å². The Labute approximate surface area is 113 Å². The molecule has 0 fully saturated rings. The van der Waals surface area contributed by atoms with Crippen molar-refractivity contribution in [1.29, 1.82) is 0 Å². The van der Waals surface area contributed by atoms with Crippen molar-refractivity contribution in [3.05, 3.63) is 52.3 Å². The van der Waals surface area contributed by atoms with Crippen molar-refractivity contribution in [3.63, 3.8) is 0 Å². The van der Waals surface area contributed by atoms with E-state index in [1.54, 1.807) is 36.5 Å². The first-order valence-corrected chi connectivity index (χ1v) is 6.14. The van der Waals surface area contributed by atoms with Gasteiger partial charge in [-0.3, -0.25) is 9.78 Å². The van der Waals surface area contributed by atoms with Crippen molar-refractivity contribution in [1.82, 2.24) is 4.98 Å². The lowest BCUT2D eigenvalue weighted by Gasteiger charge is -2.07. The fourth-order valence-corrected chi connectivity index (χ4v) is 1.76. The molecule has 0 saturated carbocycles. The van der Waals surface area contributed by atoms with Gasteiger partial charge < -0.3 is 11.1 Å². The number of hydrogen-bond acceptors (Lipinski definition) is 3. The minimum Gasteiger partial charge on any atom is -0.398 e. The Balaban J connectivity index is 2.19. The maximum absolute atomic E-state index is 12.0. The number of benzene rings is 1.